The van der Waals surface area contributed by atoms with Crippen molar-refractivity contribution in [3.05, 3.63) is 35.5 Å². The highest BCUT2D eigenvalue weighted by atomic mass is 16.1. The molecule has 0 saturated carbocycles. The lowest BCUT2D eigenvalue weighted by molar-refractivity contribution is -0.123. The third-order valence-corrected chi connectivity index (χ3v) is 5.30. The molecule has 1 N–H and O–H groups in total. The number of fused-ring (bicyclic) bond motifs is 2. The van der Waals surface area contributed by atoms with Crippen molar-refractivity contribution >= 4 is 16.7 Å². The first-order valence-corrected chi connectivity index (χ1v) is 7.44. The van der Waals surface area contributed by atoms with Crippen LogP contribution in [0.5, 0.6) is 0 Å². The van der Waals surface area contributed by atoms with Crippen molar-refractivity contribution in [3.8, 4) is 0 Å². The average molecular weight is 268 g/mol. The summed E-state index contributed by atoms with van der Waals surface area (Å²) >= 11 is 0. The van der Waals surface area contributed by atoms with Crippen LogP contribution in [0, 0.1) is 5.92 Å². The first-order valence-electron chi connectivity index (χ1n) is 7.44. The molecule has 0 amide bonds. The van der Waals surface area contributed by atoms with Crippen molar-refractivity contribution in [2.45, 2.75) is 31.7 Å². The molecule has 1 aromatic heterocycles. The Bertz CT molecular complexity index is 687. The first kappa shape index (κ1) is 12.2. The summed E-state index contributed by atoms with van der Waals surface area (Å²) in [6.45, 7) is 2.65. The normalized spacial score (nSPS) is 29.4. The smallest absolute Gasteiger partial charge is 0.134 e. The Morgan fingerprint density at radius 3 is 3.05 bits per heavy atom. The van der Waals surface area contributed by atoms with E-state index in [1.807, 2.05) is 0 Å². The van der Waals surface area contributed by atoms with E-state index >= 15 is 0 Å². The molecule has 0 spiro atoms. The van der Waals surface area contributed by atoms with E-state index in [0.717, 1.165) is 19.4 Å². The minimum absolute atomic E-state index is 0.192. The highest BCUT2D eigenvalue weighted by Gasteiger charge is 2.40. The van der Waals surface area contributed by atoms with Gasteiger partial charge in [-0.1, -0.05) is 12.1 Å². The van der Waals surface area contributed by atoms with Crippen LogP contribution in [0.3, 0.4) is 0 Å². The highest BCUT2D eigenvalue weighted by Crippen LogP contribution is 2.44. The van der Waals surface area contributed by atoms with Crippen molar-refractivity contribution in [3.63, 3.8) is 0 Å². The summed E-state index contributed by atoms with van der Waals surface area (Å²) in [5, 5.41) is 1.41. The van der Waals surface area contributed by atoms with Crippen LogP contribution in [-0.4, -0.2) is 35.3 Å². The molecule has 4 rings (SSSR count). The van der Waals surface area contributed by atoms with Crippen LogP contribution in [0.4, 0.5) is 0 Å². The van der Waals surface area contributed by atoms with Crippen LogP contribution >= 0.6 is 0 Å². The van der Waals surface area contributed by atoms with Gasteiger partial charge in [-0.3, -0.25) is 4.79 Å². The number of hydrogen-bond acceptors (Lipinski definition) is 2. The van der Waals surface area contributed by atoms with Gasteiger partial charge >= 0.3 is 0 Å². The van der Waals surface area contributed by atoms with Crippen LogP contribution in [0.25, 0.3) is 10.9 Å². The number of carbonyl (C=O) groups excluding carboxylic acids is 1. The largest absolute Gasteiger partial charge is 0.361 e. The van der Waals surface area contributed by atoms with Crippen LogP contribution in [0.1, 0.15) is 30.4 Å². The van der Waals surface area contributed by atoms with Crippen LogP contribution < -0.4 is 0 Å². The molecule has 1 aromatic carbocycles. The number of nitrogens with zero attached hydrogens (tertiary/aromatic N) is 1. The maximum atomic E-state index is 11.8. The Kier molecular flexibility index (Phi) is 2.55. The number of hydrogen-bond donors (Lipinski definition) is 1. The molecule has 20 heavy (non-hydrogen) atoms. The van der Waals surface area contributed by atoms with Crippen LogP contribution in [-0.2, 0) is 11.2 Å². The van der Waals surface area contributed by atoms with E-state index in [1.165, 1.54) is 22.0 Å². The zero-order valence-electron chi connectivity index (χ0n) is 12.0. The van der Waals surface area contributed by atoms with Gasteiger partial charge in [-0.15, -0.1) is 0 Å². The van der Waals surface area contributed by atoms with Crippen LogP contribution in [0.2, 0.25) is 0 Å². The Hall–Kier alpha value is -1.61. The molecule has 3 heteroatoms. The summed E-state index contributed by atoms with van der Waals surface area (Å²) in [5.41, 5.74) is 4.11. The third-order valence-electron chi connectivity index (χ3n) is 5.30. The molecule has 0 radical (unpaired) electrons. The van der Waals surface area contributed by atoms with Gasteiger partial charge in [0.1, 0.15) is 5.78 Å². The van der Waals surface area contributed by atoms with Gasteiger partial charge in [-0.05, 0) is 44.0 Å². The van der Waals surface area contributed by atoms with E-state index in [2.05, 4.69) is 41.3 Å². The van der Waals surface area contributed by atoms with E-state index in [0.29, 0.717) is 17.7 Å². The van der Waals surface area contributed by atoms with Gasteiger partial charge in [0.15, 0.2) is 0 Å². The number of likely N-dealkylation sites (tertiary alicyclic amines) is 1. The SMILES string of the molecule is CC(=O)C1CC2c3cccc4[nH]cc(c34)CC2N(C)C1. The number of nitrogens with one attached hydrogen (secondary N) is 1. The molecule has 2 aliphatic rings. The summed E-state index contributed by atoms with van der Waals surface area (Å²) in [7, 11) is 2.17. The predicted molar refractivity (Wildman–Crippen MR) is 79.9 cm³/mol. The van der Waals surface area contributed by atoms with E-state index in [9.17, 15) is 4.79 Å². The number of benzene rings is 1. The number of aromatic amines is 1. The molecule has 1 saturated heterocycles. The third kappa shape index (κ3) is 1.59. The lowest BCUT2D eigenvalue weighted by Gasteiger charge is -2.45. The molecule has 104 valence electrons. The molecule has 2 heterocycles. The monoisotopic (exact) mass is 268 g/mol. The molecule has 1 aliphatic carbocycles. The molecule has 0 bridgehead atoms. The number of ketones is 1. The number of piperidine rings is 1. The summed E-state index contributed by atoms with van der Waals surface area (Å²) in [4.78, 5) is 17.6. The van der Waals surface area contributed by atoms with Crippen molar-refractivity contribution in [2.24, 2.45) is 5.92 Å². The van der Waals surface area contributed by atoms with Gasteiger partial charge < -0.3 is 9.88 Å². The van der Waals surface area contributed by atoms with Gasteiger partial charge in [0, 0.05) is 41.5 Å². The van der Waals surface area contributed by atoms with Crippen molar-refractivity contribution in [2.75, 3.05) is 13.6 Å². The van der Waals surface area contributed by atoms with Gasteiger partial charge in [0.05, 0.1) is 0 Å². The Morgan fingerprint density at radius 2 is 2.25 bits per heavy atom. The minimum atomic E-state index is 0.192. The van der Waals surface area contributed by atoms with Crippen LogP contribution in [0.15, 0.2) is 24.4 Å². The average Bonchev–Trinajstić information content (AvgIpc) is 2.84. The summed E-state index contributed by atoms with van der Waals surface area (Å²) in [6.07, 6.45) is 4.27. The summed E-state index contributed by atoms with van der Waals surface area (Å²) < 4.78 is 0. The van der Waals surface area contributed by atoms with Gasteiger partial charge in [0.25, 0.3) is 0 Å². The molecule has 1 aliphatic heterocycles. The molecular formula is C17H20N2O. The topological polar surface area (TPSA) is 36.1 Å². The highest BCUT2D eigenvalue weighted by molar-refractivity contribution is 5.88. The second-order valence-electron chi connectivity index (χ2n) is 6.44. The second kappa shape index (κ2) is 4.19. The van der Waals surface area contributed by atoms with Crippen molar-refractivity contribution in [1.82, 2.24) is 9.88 Å². The molecule has 3 atom stereocenters. The first-order chi connectivity index (χ1) is 9.65. The number of aromatic nitrogens is 1. The van der Waals surface area contributed by atoms with E-state index in [1.54, 1.807) is 6.92 Å². The lowest BCUT2D eigenvalue weighted by atomic mass is 9.72. The number of H-pyrrole nitrogens is 1. The summed E-state index contributed by atoms with van der Waals surface area (Å²) in [5.74, 6) is 1.02. The zero-order valence-corrected chi connectivity index (χ0v) is 12.0. The zero-order chi connectivity index (χ0) is 13.9. The van der Waals surface area contributed by atoms with Gasteiger partial charge in [0.2, 0.25) is 0 Å². The fourth-order valence-electron chi connectivity index (χ4n) is 4.24. The predicted octanol–water partition coefficient (Wildman–Crippen LogP) is 2.72. The minimum Gasteiger partial charge on any atom is -0.361 e. The molecular weight excluding hydrogens is 248 g/mol. The number of Topliss-reactive ketones (excluding diaryl/α,β-unsaturated/α-hetero) is 1. The fraction of sp³-hybridized carbons (Fsp3) is 0.471. The second-order valence-corrected chi connectivity index (χ2v) is 6.44. The number of likely N-dealkylation sites (N-methyl/N-ethyl adjacent to an activating group) is 1. The van der Waals surface area contributed by atoms with E-state index in [4.69, 9.17) is 0 Å². The van der Waals surface area contributed by atoms with E-state index < -0.39 is 0 Å². The molecule has 2 aromatic rings. The van der Waals surface area contributed by atoms with Crippen molar-refractivity contribution < 1.29 is 4.79 Å². The van der Waals surface area contributed by atoms with Gasteiger partial charge in [-0.2, -0.15) is 0 Å². The maximum Gasteiger partial charge on any atom is 0.134 e. The quantitative estimate of drug-likeness (QED) is 0.863. The maximum absolute atomic E-state index is 11.8. The van der Waals surface area contributed by atoms with Crippen molar-refractivity contribution in [1.29, 1.82) is 0 Å². The Labute approximate surface area is 119 Å². The van der Waals surface area contributed by atoms with Gasteiger partial charge in [-0.25, -0.2) is 0 Å². The van der Waals surface area contributed by atoms with E-state index in [-0.39, 0.29) is 5.92 Å². The Morgan fingerprint density at radius 1 is 1.40 bits per heavy atom. The molecule has 1 fully saturated rings. The number of rotatable bonds is 1. The molecule has 3 nitrogen and oxygen atoms in total. The number of carbonyl (C=O) groups is 1. The lowest BCUT2D eigenvalue weighted by Crippen LogP contribution is -2.49. The Balaban J connectivity index is 1.85. The summed E-state index contributed by atoms with van der Waals surface area (Å²) in [6, 6.07) is 7.09. The molecule has 3 unspecified atom stereocenters. The fourth-order valence-corrected chi connectivity index (χ4v) is 4.24. The standard InChI is InChI=1S/C17H20N2O/c1-10(20)12-6-14-13-4-3-5-15-17(13)11(8-18-15)7-16(14)19(2)9-12/h3-5,8,12,14,16,18H,6-7,9H2,1-2H3.